The number of hydrogen-bond acceptors (Lipinski definition) is 7. The third kappa shape index (κ3) is 6.10. The standard InChI is InChI=1S/C29H26ClN3O6/c1-4-38-29(37)19-10-8-12-21(16-19)33-27(35)24(30)25(28(33)36)31-20-11-7-9-18(15-20)26(34)32-22-13-5-6-14-23(22)39-17(2)3/h5-17,31H,4H2,1-3H3,(H,32,34). The highest BCUT2D eigenvalue weighted by atomic mass is 35.5. The molecule has 0 spiro atoms. The van der Waals surface area contributed by atoms with E-state index < -0.39 is 23.7 Å². The van der Waals surface area contributed by atoms with Gasteiger partial charge in [0, 0.05) is 11.3 Å². The molecule has 0 saturated heterocycles. The number of para-hydroxylation sites is 2. The minimum Gasteiger partial charge on any atom is -0.489 e. The van der Waals surface area contributed by atoms with Crippen LogP contribution in [0.5, 0.6) is 5.75 Å². The second-order valence-electron chi connectivity index (χ2n) is 8.73. The summed E-state index contributed by atoms with van der Waals surface area (Å²) in [5.41, 5.74) is 1.37. The second kappa shape index (κ2) is 11.8. The molecule has 0 radical (unpaired) electrons. The van der Waals surface area contributed by atoms with E-state index in [1.807, 2.05) is 19.9 Å². The summed E-state index contributed by atoms with van der Waals surface area (Å²) in [7, 11) is 0. The van der Waals surface area contributed by atoms with Crippen LogP contribution in [-0.4, -0.2) is 36.4 Å². The smallest absolute Gasteiger partial charge is 0.338 e. The van der Waals surface area contributed by atoms with Crippen molar-refractivity contribution in [2.75, 3.05) is 22.1 Å². The van der Waals surface area contributed by atoms with Crippen LogP contribution in [0.4, 0.5) is 17.1 Å². The van der Waals surface area contributed by atoms with Crippen LogP contribution in [-0.2, 0) is 14.3 Å². The van der Waals surface area contributed by atoms with Crippen molar-refractivity contribution in [2.24, 2.45) is 0 Å². The van der Waals surface area contributed by atoms with Crippen molar-refractivity contribution < 1.29 is 28.7 Å². The Labute approximate surface area is 230 Å². The number of esters is 1. The Bertz CT molecular complexity index is 1480. The molecule has 0 atom stereocenters. The Morgan fingerprint density at radius 3 is 2.38 bits per heavy atom. The first-order chi connectivity index (χ1) is 18.7. The van der Waals surface area contributed by atoms with Gasteiger partial charge in [-0.05, 0) is 69.3 Å². The number of hydrogen-bond donors (Lipinski definition) is 2. The van der Waals surface area contributed by atoms with Gasteiger partial charge in [-0.3, -0.25) is 14.4 Å². The molecule has 0 aromatic heterocycles. The van der Waals surface area contributed by atoms with E-state index in [1.54, 1.807) is 43.3 Å². The number of carbonyl (C=O) groups excluding carboxylic acids is 4. The number of amides is 3. The molecule has 0 aliphatic carbocycles. The van der Waals surface area contributed by atoms with E-state index in [1.165, 1.54) is 30.3 Å². The number of halogens is 1. The molecule has 39 heavy (non-hydrogen) atoms. The lowest BCUT2D eigenvalue weighted by Crippen LogP contribution is -2.32. The van der Waals surface area contributed by atoms with Crippen LogP contribution in [0.1, 0.15) is 41.5 Å². The molecule has 10 heteroatoms. The normalized spacial score (nSPS) is 13.1. The first-order valence-electron chi connectivity index (χ1n) is 12.2. The Hall–Kier alpha value is -4.63. The molecule has 3 amide bonds. The average Bonchev–Trinajstić information content (AvgIpc) is 3.12. The van der Waals surface area contributed by atoms with Crippen LogP contribution >= 0.6 is 11.6 Å². The number of rotatable bonds is 9. The molecule has 0 unspecified atom stereocenters. The van der Waals surface area contributed by atoms with Gasteiger partial charge >= 0.3 is 5.97 Å². The van der Waals surface area contributed by atoms with Crippen LogP contribution in [0.3, 0.4) is 0 Å². The molecule has 0 saturated carbocycles. The number of nitrogens with one attached hydrogen (secondary N) is 2. The minimum atomic E-state index is -0.749. The number of benzene rings is 3. The van der Waals surface area contributed by atoms with Crippen LogP contribution in [0.15, 0.2) is 83.5 Å². The van der Waals surface area contributed by atoms with E-state index >= 15 is 0 Å². The molecular formula is C29H26ClN3O6. The average molecular weight is 548 g/mol. The van der Waals surface area contributed by atoms with Crippen molar-refractivity contribution >= 4 is 52.4 Å². The van der Waals surface area contributed by atoms with Crippen molar-refractivity contribution in [3.05, 3.63) is 94.7 Å². The number of imide groups is 1. The van der Waals surface area contributed by atoms with Crippen molar-refractivity contribution in [3.63, 3.8) is 0 Å². The fourth-order valence-electron chi connectivity index (χ4n) is 3.84. The second-order valence-corrected chi connectivity index (χ2v) is 9.11. The third-order valence-electron chi connectivity index (χ3n) is 5.53. The predicted octanol–water partition coefficient (Wildman–Crippen LogP) is 5.34. The molecule has 1 aliphatic heterocycles. The van der Waals surface area contributed by atoms with Gasteiger partial charge in [-0.25, -0.2) is 9.69 Å². The van der Waals surface area contributed by atoms with Gasteiger partial charge in [0.15, 0.2) is 0 Å². The Morgan fingerprint density at radius 1 is 0.923 bits per heavy atom. The summed E-state index contributed by atoms with van der Waals surface area (Å²) in [6, 6.07) is 19.4. The summed E-state index contributed by atoms with van der Waals surface area (Å²) >= 11 is 6.26. The van der Waals surface area contributed by atoms with Gasteiger partial charge in [-0.2, -0.15) is 0 Å². The van der Waals surface area contributed by atoms with Crippen LogP contribution in [0, 0.1) is 0 Å². The molecule has 1 aliphatic rings. The molecule has 2 N–H and O–H groups in total. The zero-order chi connectivity index (χ0) is 28.1. The van der Waals surface area contributed by atoms with Crippen molar-refractivity contribution in [3.8, 4) is 5.75 Å². The van der Waals surface area contributed by atoms with E-state index in [4.69, 9.17) is 21.1 Å². The first-order valence-corrected chi connectivity index (χ1v) is 12.6. The lowest BCUT2D eigenvalue weighted by atomic mass is 10.1. The largest absolute Gasteiger partial charge is 0.489 e. The summed E-state index contributed by atoms with van der Waals surface area (Å²) in [6.45, 7) is 5.64. The predicted molar refractivity (Wildman–Crippen MR) is 148 cm³/mol. The van der Waals surface area contributed by atoms with E-state index in [2.05, 4.69) is 10.6 Å². The topological polar surface area (TPSA) is 114 Å². The van der Waals surface area contributed by atoms with Gasteiger partial charge in [-0.1, -0.05) is 35.9 Å². The van der Waals surface area contributed by atoms with E-state index in [0.29, 0.717) is 22.7 Å². The maximum atomic E-state index is 13.2. The van der Waals surface area contributed by atoms with Gasteiger partial charge < -0.3 is 20.1 Å². The Kier molecular flexibility index (Phi) is 8.31. The van der Waals surface area contributed by atoms with Crippen LogP contribution < -0.4 is 20.3 Å². The number of ether oxygens (including phenoxy) is 2. The summed E-state index contributed by atoms with van der Waals surface area (Å²) in [5.74, 6) is -1.90. The summed E-state index contributed by atoms with van der Waals surface area (Å²) in [6.07, 6.45) is -0.0764. The summed E-state index contributed by atoms with van der Waals surface area (Å²) in [4.78, 5) is 52.1. The molecule has 0 bridgehead atoms. The van der Waals surface area contributed by atoms with Crippen molar-refractivity contribution in [1.82, 2.24) is 0 Å². The third-order valence-corrected chi connectivity index (χ3v) is 5.89. The fourth-order valence-corrected chi connectivity index (χ4v) is 4.05. The van der Waals surface area contributed by atoms with Gasteiger partial charge in [0.2, 0.25) is 0 Å². The molecule has 3 aromatic rings. The highest BCUT2D eigenvalue weighted by Crippen LogP contribution is 2.31. The maximum absolute atomic E-state index is 13.2. The van der Waals surface area contributed by atoms with Gasteiger partial charge in [0.05, 0.1) is 29.6 Å². The van der Waals surface area contributed by atoms with Crippen LogP contribution in [0.2, 0.25) is 0 Å². The van der Waals surface area contributed by atoms with E-state index in [0.717, 1.165) is 4.90 Å². The van der Waals surface area contributed by atoms with Crippen LogP contribution in [0.25, 0.3) is 0 Å². The quantitative estimate of drug-likeness (QED) is 0.274. The SMILES string of the molecule is CCOC(=O)c1cccc(N2C(=O)C(Cl)=C(Nc3cccc(C(=O)Nc4ccccc4OC(C)C)c3)C2=O)c1. The highest BCUT2D eigenvalue weighted by molar-refractivity contribution is 6.53. The zero-order valence-electron chi connectivity index (χ0n) is 21.5. The van der Waals surface area contributed by atoms with Crippen molar-refractivity contribution in [2.45, 2.75) is 26.9 Å². The van der Waals surface area contributed by atoms with Crippen molar-refractivity contribution in [1.29, 1.82) is 0 Å². The highest BCUT2D eigenvalue weighted by Gasteiger charge is 2.39. The molecule has 0 fully saturated rings. The monoisotopic (exact) mass is 547 g/mol. The molecule has 3 aromatic carbocycles. The molecule has 4 rings (SSSR count). The lowest BCUT2D eigenvalue weighted by Gasteiger charge is -2.16. The zero-order valence-corrected chi connectivity index (χ0v) is 22.2. The Balaban J connectivity index is 1.53. The minimum absolute atomic E-state index is 0.0764. The van der Waals surface area contributed by atoms with E-state index in [-0.39, 0.29) is 34.7 Å². The molecule has 9 nitrogen and oxygen atoms in total. The Morgan fingerprint density at radius 2 is 1.64 bits per heavy atom. The van der Waals surface area contributed by atoms with E-state index in [9.17, 15) is 19.2 Å². The first kappa shape index (κ1) is 27.4. The number of anilines is 3. The summed E-state index contributed by atoms with van der Waals surface area (Å²) in [5, 5.41) is 5.37. The molecular weight excluding hydrogens is 522 g/mol. The fraction of sp³-hybridized carbons (Fsp3) is 0.172. The lowest BCUT2D eigenvalue weighted by molar-refractivity contribution is -0.120. The van der Waals surface area contributed by atoms with Gasteiger partial charge in [0.25, 0.3) is 17.7 Å². The summed E-state index contributed by atoms with van der Waals surface area (Å²) < 4.78 is 10.8. The van der Waals surface area contributed by atoms with Gasteiger partial charge in [0.1, 0.15) is 16.5 Å². The number of nitrogens with zero attached hydrogens (tertiary/aromatic N) is 1. The number of carbonyl (C=O) groups is 4. The maximum Gasteiger partial charge on any atom is 0.338 e. The molecule has 200 valence electrons. The molecule has 1 heterocycles. The van der Waals surface area contributed by atoms with Gasteiger partial charge in [-0.15, -0.1) is 0 Å².